The molecule has 0 radical (unpaired) electrons. The Morgan fingerprint density at radius 2 is 1.53 bits per heavy atom. The smallest absolute Gasteiger partial charge is 0.230 e. The molecule has 0 spiro atoms. The van der Waals surface area contributed by atoms with Crippen molar-refractivity contribution in [2.24, 2.45) is 0 Å². The quantitative estimate of drug-likeness (QED) is 0.743. The highest BCUT2D eigenvalue weighted by atomic mass is 15.3. The molecule has 108 valence electrons. The maximum Gasteiger partial charge on any atom is 0.230 e. The number of rotatable bonds is 9. The van der Waals surface area contributed by atoms with Crippen LogP contribution in [0.15, 0.2) is 0 Å². The Balaban J connectivity index is 2.85. The van der Waals surface area contributed by atoms with Gasteiger partial charge < -0.3 is 10.6 Å². The Kier molecular flexibility index (Phi) is 7.15. The summed E-state index contributed by atoms with van der Waals surface area (Å²) in [5.74, 6) is 1.90. The van der Waals surface area contributed by atoms with Crippen molar-refractivity contribution < 1.29 is 0 Å². The summed E-state index contributed by atoms with van der Waals surface area (Å²) in [6, 6.07) is 0. The number of nitrogen functional groups attached to an aromatic ring is 1. The summed E-state index contributed by atoms with van der Waals surface area (Å²) < 4.78 is 0. The van der Waals surface area contributed by atoms with Gasteiger partial charge in [-0.05, 0) is 19.3 Å². The van der Waals surface area contributed by atoms with E-state index in [9.17, 15) is 0 Å². The topological polar surface area (TPSA) is 67.9 Å². The molecule has 19 heavy (non-hydrogen) atoms. The average Bonchev–Trinajstić information content (AvgIpc) is 2.38. The molecule has 1 rings (SSSR count). The third-order valence-electron chi connectivity index (χ3n) is 3.01. The fourth-order valence-corrected chi connectivity index (χ4v) is 1.91. The van der Waals surface area contributed by atoms with E-state index in [1.807, 2.05) is 0 Å². The predicted octanol–water partition coefficient (Wildman–Crippen LogP) is 2.81. The van der Waals surface area contributed by atoms with Crippen molar-refractivity contribution in [2.45, 2.75) is 59.3 Å². The van der Waals surface area contributed by atoms with Gasteiger partial charge in [0, 0.05) is 19.5 Å². The third kappa shape index (κ3) is 5.41. The van der Waals surface area contributed by atoms with E-state index in [2.05, 4.69) is 40.6 Å². The van der Waals surface area contributed by atoms with Gasteiger partial charge in [-0.25, -0.2) is 0 Å². The Morgan fingerprint density at radius 1 is 0.895 bits per heavy atom. The highest BCUT2D eigenvalue weighted by Crippen LogP contribution is 2.12. The lowest BCUT2D eigenvalue weighted by Crippen LogP contribution is -2.28. The molecule has 0 saturated carbocycles. The Bertz CT molecular complexity index is 359. The second kappa shape index (κ2) is 8.67. The largest absolute Gasteiger partial charge is 0.368 e. The molecule has 0 aliphatic heterocycles. The maximum atomic E-state index is 5.80. The van der Waals surface area contributed by atoms with E-state index in [1.165, 1.54) is 12.8 Å². The number of aryl methyl sites for hydroxylation is 1. The van der Waals surface area contributed by atoms with Crippen molar-refractivity contribution in [1.29, 1.82) is 0 Å². The number of unbranched alkanes of at least 4 members (excludes halogenated alkanes) is 2. The number of nitrogens with two attached hydrogens (primary N) is 1. The first-order chi connectivity index (χ1) is 9.21. The van der Waals surface area contributed by atoms with Crippen molar-refractivity contribution in [3.63, 3.8) is 0 Å². The molecule has 0 aromatic carbocycles. The monoisotopic (exact) mass is 265 g/mol. The van der Waals surface area contributed by atoms with Gasteiger partial charge in [0.2, 0.25) is 11.9 Å². The lowest BCUT2D eigenvalue weighted by atomic mass is 10.3. The third-order valence-corrected chi connectivity index (χ3v) is 3.01. The van der Waals surface area contributed by atoms with Crippen molar-refractivity contribution in [3.8, 4) is 0 Å². The van der Waals surface area contributed by atoms with Crippen LogP contribution in [0, 0.1) is 0 Å². The fourth-order valence-electron chi connectivity index (χ4n) is 1.91. The minimum absolute atomic E-state index is 0.339. The van der Waals surface area contributed by atoms with Gasteiger partial charge in [-0.3, -0.25) is 0 Å². The van der Waals surface area contributed by atoms with Gasteiger partial charge in [0.25, 0.3) is 0 Å². The normalized spacial score (nSPS) is 10.7. The summed E-state index contributed by atoms with van der Waals surface area (Å²) in [6.07, 6.45) is 6.52. The number of aromatic nitrogens is 3. The van der Waals surface area contributed by atoms with Crippen molar-refractivity contribution >= 4 is 11.9 Å². The molecule has 1 aromatic rings. The van der Waals surface area contributed by atoms with Crippen molar-refractivity contribution in [1.82, 2.24) is 15.0 Å². The molecule has 1 heterocycles. The first-order valence-corrected chi connectivity index (χ1v) is 7.46. The number of hydrogen-bond donors (Lipinski definition) is 1. The van der Waals surface area contributed by atoms with E-state index in [1.54, 1.807) is 0 Å². The summed E-state index contributed by atoms with van der Waals surface area (Å²) >= 11 is 0. The molecule has 0 saturated heterocycles. The van der Waals surface area contributed by atoms with Crippen LogP contribution in [0.25, 0.3) is 0 Å². The van der Waals surface area contributed by atoms with Crippen LogP contribution in [0.2, 0.25) is 0 Å². The van der Waals surface area contributed by atoms with E-state index in [-0.39, 0.29) is 0 Å². The summed E-state index contributed by atoms with van der Waals surface area (Å²) in [5, 5.41) is 0. The zero-order chi connectivity index (χ0) is 14.1. The molecule has 0 aliphatic rings. The Hall–Kier alpha value is -1.39. The molecule has 0 atom stereocenters. The second-order valence-electron chi connectivity index (χ2n) is 4.85. The first kappa shape index (κ1) is 15.7. The lowest BCUT2D eigenvalue weighted by molar-refractivity contribution is 0.657. The molecule has 1 aromatic heterocycles. The summed E-state index contributed by atoms with van der Waals surface area (Å²) in [5.41, 5.74) is 5.80. The predicted molar refractivity (Wildman–Crippen MR) is 80.3 cm³/mol. The minimum atomic E-state index is 0.339. The molecule has 0 bridgehead atoms. The van der Waals surface area contributed by atoms with Gasteiger partial charge in [0.1, 0.15) is 5.82 Å². The summed E-state index contributed by atoms with van der Waals surface area (Å²) in [7, 11) is 0. The van der Waals surface area contributed by atoms with Crippen LogP contribution in [-0.4, -0.2) is 28.0 Å². The van der Waals surface area contributed by atoms with Crippen molar-refractivity contribution in [2.75, 3.05) is 23.7 Å². The molecule has 0 amide bonds. The minimum Gasteiger partial charge on any atom is -0.368 e. The molecule has 5 heteroatoms. The number of anilines is 2. The standard InChI is InChI=1S/C14H27N5/c1-4-7-10-19(11-8-5-2)14-17-12(9-6-3)16-13(15)18-14/h4-11H2,1-3H3,(H2,15,16,17,18). The van der Waals surface area contributed by atoms with Crippen LogP contribution in [0.4, 0.5) is 11.9 Å². The zero-order valence-corrected chi connectivity index (χ0v) is 12.5. The van der Waals surface area contributed by atoms with E-state index < -0.39 is 0 Å². The van der Waals surface area contributed by atoms with Crippen LogP contribution >= 0.6 is 0 Å². The highest BCUT2D eigenvalue weighted by molar-refractivity contribution is 5.34. The van der Waals surface area contributed by atoms with Gasteiger partial charge in [0.15, 0.2) is 0 Å². The van der Waals surface area contributed by atoms with Gasteiger partial charge in [-0.15, -0.1) is 0 Å². The van der Waals surface area contributed by atoms with Gasteiger partial charge in [-0.1, -0.05) is 33.6 Å². The molecular weight excluding hydrogens is 238 g/mol. The Morgan fingerprint density at radius 3 is 2.05 bits per heavy atom. The SMILES string of the molecule is CCCCN(CCCC)c1nc(N)nc(CCC)n1. The van der Waals surface area contributed by atoms with Crippen LogP contribution in [0.5, 0.6) is 0 Å². The van der Waals surface area contributed by atoms with Crippen LogP contribution < -0.4 is 10.6 Å². The van der Waals surface area contributed by atoms with Gasteiger partial charge in [0.05, 0.1) is 0 Å². The molecular formula is C14H27N5. The number of hydrogen-bond acceptors (Lipinski definition) is 5. The van der Waals surface area contributed by atoms with Gasteiger partial charge in [-0.2, -0.15) is 15.0 Å². The van der Waals surface area contributed by atoms with Crippen molar-refractivity contribution in [3.05, 3.63) is 5.82 Å². The molecule has 2 N–H and O–H groups in total. The molecule has 5 nitrogen and oxygen atoms in total. The first-order valence-electron chi connectivity index (χ1n) is 7.46. The second-order valence-corrected chi connectivity index (χ2v) is 4.85. The van der Waals surface area contributed by atoms with E-state index in [4.69, 9.17) is 5.73 Å². The van der Waals surface area contributed by atoms with E-state index >= 15 is 0 Å². The maximum absolute atomic E-state index is 5.80. The van der Waals surface area contributed by atoms with Crippen LogP contribution in [0.3, 0.4) is 0 Å². The van der Waals surface area contributed by atoms with Crippen LogP contribution in [-0.2, 0) is 6.42 Å². The molecule has 0 aliphatic carbocycles. The number of nitrogens with zero attached hydrogens (tertiary/aromatic N) is 4. The summed E-state index contributed by atoms with van der Waals surface area (Å²) in [4.78, 5) is 15.3. The van der Waals surface area contributed by atoms with E-state index in [0.717, 1.165) is 50.5 Å². The van der Waals surface area contributed by atoms with Crippen LogP contribution in [0.1, 0.15) is 58.7 Å². The lowest BCUT2D eigenvalue weighted by Gasteiger charge is -2.22. The Labute approximate surface area is 116 Å². The highest BCUT2D eigenvalue weighted by Gasteiger charge is 2.11. The van der Waals surface area contributed by atoms with E-state index in [0.29, 0.717) is 5.95 Å². The fraction of sp³-hybridized carbons (Fsp3) is 0.786. The average molecular weight is 265 g/mol. The molecule has 0 fully saturated rings. The van der Waals surface area contributed by atoms with Gasteiger partial charge >= 0.3 is 0 Å². The zero-order valence-electron chi connectivity index (χ0n) is 12.5. The summed E-state index contributed by atoms with van der Waals surface area (Å²) in [6.45, 7) is 8.49. The molecule has 0 unspecified atom stereocenters.